The minimum Gasteiger partial charge on any atom is -0.508 e. The normalized spacial score (nSPS) is 17.1. The van der Waals surface area contributed by atoms with Gasteiger partial charge in [-0.25, -0.2) is 0 Å². The van der Waals surface area contributed by atoms with Crippen molar-refractivity contribution in [3.63, 3.8) is 0 Å². The molecule has 1 saturated heterocycles. The summed E-state index contributed by atoms with van der Waals surface area (Å²) in [7, 11) is 2.83. The monoisotopic (exact) mass is 493 g/mol. The van der Waals surface area contributed by atoms with Crippen molar-refractivity contribution < 1.29 is 29.3 Å². The number of phenolic OH excluding ortho intramolecular Hbond substituents is 1. The van der Waals surface area contributed by atoms with Crippen LogP contribution in [0, 0.1) is 13.8 Å². The highest BCUT2D eigenvalue weighted by Gasteiger charge is 2.47. The molecule has 0 spiro atoms. The van der Waals surface area contributed by atoms with Crippen LogP contribution in [-0.4, -0.2) is 36.1 Å². The van der Waals surface area contributed by atoms with E-state index in [4.69, 9.17) is 21.1 Å². The highest BCUT2D eigenvalue weighted by molar-refractivity contribution is 6.52. The third-order valence-corrected chi connectivity index (χ3v) is 6.51. The minimum atomic E-state index is -0.956. The number of halogens is 1. The predicted molar refractivity (Wildman–Crippen MR) is 133 cm³/mol. The van der Waals surface area contributed by atoms with Gasteiger partial charge >= 0.3 is 0 Å². The number of benzene rings is 3. The minimum absolute atomic E-state index is 0.0292. The van der Waals surface area contributed by atoms with E-state index in [-0.39, 0.29) is 33.4 Å². The second-order valence-electron chi connectivity index (χ2n) is 8.17. The molecule has 1 atom stereocenters. The number of Topliss-reactive ketones (excluding diaryl/α,β-unsaturated/α-hetero) is 1. The number of hydrogen-bond acceptors (Lipinski definition) is 6. The molecule has 7 nitrogen and oxygen atoms in total. The molecule has 0 radical (unpaired) electrons. The lowest BCUT2D eigenvalue weighted by atomic mass is 9.94. The summed E-state index contributed by atoms with van der Waals surface area (Å²) in [5, 5.41) is 21.5. The maximum atomic E-state index is 13.4. The molecule has 1 aliphatic heterocycles. The van der Waals surface area contributed by atoms with Gasteiger partial charge in [-0.05, 0) is 54.8 Å². The fourth-order valence-corrected chi connectivity index (χ4v) is 4.47. The summed E-state index contributed by atoms with van der Waals surface area (Å²) < 4.78 is 10.7. The Labute approximate surface area is 207 Å². The molecule has 2 N–H and O–H groups in total. The van der Waals surface area contributed by atoms with E-state index < -0.39 is 23.5 Å². The Bertz CT molecular complexity index is 1360. The Morgan fingerprint density at radius 3 is 2.26 bits per heavy atom. The van der Waals surface area contributed by atoms with Crippen molar-refractivity contribution >= 4 is 34.7 Å². The van der Waals surface area contributed by atoms with Gasteiger partial charge < -0.3 is 19.7 Å². The number of aromatic hydroxyl groups is 1. The summed E-state index contributed by atoms with van der Waals surface area (Å²) in [5.74, 6) is -1.56. The Kier molecular flexibility index (Phi) is 6.45. The quantitative estimate of drug-likeness (QED) is 0.284. The molecule has 0 bridgehead atoms. The molecular weight excluding hydrogens is 470 g/mol. The molecule has 1 heterocycles. The number of aliphatic hydroxyl groups excluding tert-OH is 1. The molecule has 1 fully saturated rings. The van der Waals surface area contributed by atoms with Crippen LogP contribution in [0.25, 0.3) is 5.76 Å². The van der Waals surface area contributed by atoms with Crippen LogP contribution in [0.5, 0.6) is 17.2 Å². The third kappa shape index (κ3) is 4.08. The number of carbonyl (C=O) groups is 2. The fraction of sp³-hybridized carbons (Fsp3) is 0.185. The largest absolute Gasteiger partial charge is 0.508 e. The standard InChI is InChI=1S/C27H24ClNO6/c1-14-6-5-7-20(15(14)2)29-24(16-8-10-17(30)11-9-16)23(26(32)27(29)33)25(31)18-12-22(35-4)19(28)13-21(18)34-3/h5-13,24,30-31H,1-4H3/b25-23+. The molecule has 1 unspecified atom stereocenters. The first kappa shape index (κ1) is 24.2. The number of nitrogens with zero attached hydrogens (tertiary/aromatic N) is 1. The van der Waals surface area contributed by atoms with Crippen LogP contribution in [0.2, 0.25) is 5.02 Å². The van der Waals surface area contributed by atoms with E-state index in [0.717, 1.165) is 11.1 Å². The number of phenols is 1. The molecule has 3 aromatic rings. The average Bonchev–Trinajstić information content (AvgIpc) is 3.11. The smallest absolute Gasteiger partial charge is 0.300 e. The summed E-state index contributed by atoms with van der Waals surface area (Å²) >= 11 is 6.22. The number of amides is 1. The molecular formula is C27H24ClNO6. The third-order valence-electron chi connectivity index (χ3n) is 6.22. The lowest BCUT2D eigenvalue weighted by molar-refractivity contribution is -0.132. The molecule has 3 aromatic carbocycles. The number of methoxy groups -OCH3 is 2. The molecule has 0 saturated carbocycles. The van der Waals surface area contributed by atoms with Crippen LogP contribution in [0.3, 0.4) is 0 Å². The summed E-state index contributed by atoms with van der Waals surface area (Å²) in [6.45, 7) is 3.78. The van der Waals surface area contributed by atoms with Gasteiger partial charge in [0, 0.05) is 11.8 Å². The van der Waals surface area contributed by atoms with Crippen LogP contribution in [0.4, 0.5) is 5.69 Å². The zero-order chi connectivity index (χ0) is 25.4. The summed E-state index contributed by atoms with van der Waals surface area (Å²) in [6.07, 6.45) is 0. The van der Waals surface area contributed by atoms with E-state index in [0.29, 0.717) is 11.3 Å². The first-order chi connectivity index (χ1) is 16.7. The summed E-state index contributed by atoms with van der Waals surface area (Å²) in [6, 6.07) is 13.6. The topological polar surface area (TPSA) is 96.3 Å². The Morgan fingerprint density at radius 2 is 1.63 bits per heavy atom. The van der Waals surface area contributed by atoms with E-state index in [1.807, 2.05) is 19.9 Å². The lowest BCUT2D eigenvalue weighted by Gasteiger charge is -2.27. The molecule has 180 valence electrons. The summed E-state index contributed by atoms with van der Waals surface area (Å²) in [4.78, 5) is 28.2. The maximum Gasteiger partial charge on any atom is 0.300 e. The highest BCUT2D eigenvalue weighted by atomic mass is 35.5. The average molecular weight is 494 g/mol. The first-order valence-corrected chi connectivity index (χ1v) is 11.2. The molecule has 4 rings (SSSR count). The second-order valence-corrected chi connectivity index (χ2v) is 8.57. The van der Waals surface area contributed by atoms with Crippen LogP contribution in [0.1, 0.15) is 28.3 Å². The molecule has 8 heteroatoms. The van der Waals surface area contributed by atoms with Crippen molar-refractivity contribution in [3.8, 4) is 17.2 Å². The number of rotatable bonds is 5. The van der Waals surface area contributed by atoms with Crippen molar-refractivity contribution in [2.45, 2.75) is 19.9 Å². The molecule has 0 aliphatic carbocycles. The van der Waals surface area contributed by atoms with E-state index in [9.17, 15) is 19.8 Å². The van der Waals surface area contributed by atoms with Crippen LogP contribution < -0.4 is 14.4 Å². The zero-order valence-electron chi connectivity index (χ0n) is 19.6. The van der Waals surface area contributed by atoms with Gasteiger partial charge in [-0.3, -0.25) is 14.5 Å². The SMILES string of the molecule is COc1cc(/C(O)=C2\C(=O)C(=O)N(c3cccc(C)c3C)C2c2ccc(O)cc2)c(OC)cc1Cl. The number of carbonyl (C=O) groups excluding carboxylic acids is 2. The van der Waals surface area contributed by atoms with E-state index in [1.165, 1.54) is 43.4 Å². The molecule has 0 aromatic heterocycles. The summed E-state index contributed by atoms with van der Waals surface area (Å²) in [5.41, 5.74) is 2.87. The molecule has 35 heavy (non-hydrogen) atoms. The van der Waals surface area contributed by atoms with Gasteiger partial charge in [-0.15, -0.1) is 0 Å². The van der Waals surface area contributed by atoms with Gasteiger partial charge in [0.05, 0.1) is 36.4 Å². The zero-order valence-corrected chi connectivity index (χ0v) is 20.4. The van der Waals surface area contributed by atoms with Gasteiger partial charge in [0.1, 0.15) is 23.0 Å². The van der Waals surface area contributed by atoms with Gasteiger partial charge in [0.2, 0.25) is 0 Å². The van der Waals surface area contributed by atoms with Gasteiger partial charge in [0.25, 0.3) is 11.7 Å². The van der Waals surface area contributed by atoms with Crippen molar-refractivity contribution in [1.82, 2.24) is 0 Å². The Balaban J connectivity index is 2.03. The van der Waals surface area contributed by atoms with E-state index in [2.05, 4.69) is 0 Å². The van der Waals surface area contributed by atoms with Crippen molar-refractivity contribution in [2.75, 3.05) is 19.1 Å². The van der Waals surface area contributed by atoms with Crippen LogP contribution in [0.15, 0.2) is 60.2 Å². The predicted octanol–water partition coefficient (Wildman–Crippen LogP) is 5.31. The van der Waals surface area contributed by atoms with Gasteiger partial charge in [0.15, 0.2) is 0 Å². The Hall–Kier alpha value is -3.97. The number of hydrogen-bond donors (Lipinski definition) is 2. The number of ketones is 1. The number of aryl methyl sites for hydroxylation is 1. The first-order valence-electron chi connectivity index (χ1n) is 10.8. The molecule has 1 aliphatic rings. The maximum absolute atomic E-state index is 13.4. The second kappa shape index (κ2) is 9.35. The number of aliphatic hydroxyl groups is 1. The van der Waals surface area contributed by atoms with Crippen molar-refractivity contribution in [2.24, 2.45) is 0 Å². The number of anilines is 1. The fourth-order valence-electron chi connectivity index (χ4n) is 4.24. The lowest BCUT2D eigenvalue weighted by Crippen LogP contribution is -2.30. The molecule has 1 amide bonds. The van der Waals surface area contributed by atoms with E-state index in [1.54, 1.807) is 24.3 Å². The van der Waals surface area contributed by atoms with Crippen molar-refractivity contribution in [1.29, 1.82) is 0 Å². The highest BCUT2D eigenvalue weighted by Crippen LogP contribution is 2.45. The Morgan fingerprint density at radius 1 is 0.971 bits per heavy atom. The van der Waals surface area contributed by atoms with Crippen LogP contribution >= 0.6 is 11.6 Å². The van der Waals surface area contributed by atoms with E-state index >= 15 is 0 Å². The van der Waals surface area contributed by atoms with Gasteiger partial charge in [-0.2, -0.15) is 0 Å². The number of ether oxygens (including phenoxy) is 2. The van der Waals surface area contributed by atoms with Crippen LogP contribution in [-0.2, 0) is 9.59 Å². The van der Waals surface area contributed by atoms with Crippen molar-refractivity contribution in [3.05, 3.63) is 87.4 Å². The van der Waals surface area contributed by atoms with Gasteiger partial charge in [-0.1, -0.05) is 35.9 Å².